The highest BCUT2D eigenvalue weighted by Gasteiger charge is 2.35. The molecule has 1 N–H and O–H groups in total. The van der Waals surface area contributed by atoms with Crippen LogP contribution >= 0.6 is 0 Å². The van der Waals surface area contributed by atoms with Crippen molar-refractivity contribution >= 4 is 10.0 Å². The van der Waals surface area contributed by atoms with Crippen molar-refractivity contribution in [1.29, 1.82) is 0 Å². The Morgan fingerprint density at radius 2 is 1.35 bits per heavy atom. The van der Waals surface area contributed by atoms with Gasteiger partial charge in [0, 0.05) is 13.1 Å². The Morgan fingerprint density at radius 1 is 0.794 bits per heavy atom. The molecule has 0 aliphatic carbocycles. The molecule has 0 saturated carbocycles. The normalized spacial score (nSPS) is 14.7. The molecule has 172 valence electrons. The molecule has 4 nitrogen and oxygen atoms in total. The van der Waals surface area contributed by atoms with Gasteiger partial charge in [0.15, 0.2) is 0 Å². The van der Waals surface area contributed by atoms with Gasteiger partial charge in [-0.3, -0.25) is 0 Å². The maximum Gasteiger partial charge on any atom is 0.243 e. The molecule has 4 aromatic rings. The van der Waals surface area contributed by atoms with Crippen molar-refractivity contribution in [3.8, 4) is 22.3 Å². The van der Waals surface area contributed by atoms with Gasteiger partial charge in [-0.1, -0.05) is 78.4 Å². The number of aliphatic hydroxyl groups excluding tert-OH is 1. The third kappa shape index (κ3) is 3.96. The van der Waals surface area contributed by atoms with Crippen molar-refractivity contribution in [2.45, 2.75) is 37.9 Å². The molecule has 34 heavy (non-hydrogen) atoms. The molecule has 1 heterocycles. The van der Waals surface area contributed by atoms with Crippen molar-refractivity contribution in [1.82, 2.24) is 4.31 Å². The van der Waals surface area contributed by atoms with Crippen LogP contribution in [0, 0.1) is 6.92 Å². The average Bonchev–Trinajstić information content (AvgIpc) is 3.30. The zero-order chi connectivity index (χ0) is 23.9. The van der Waals surface area contributed by atoms with Gasteiger partial charge in [0.25, 0.3) is 0 Å². The number of hydrogen-bond acceptors (Lipinski definition) is 3. The van der Waals surface area contributed by atoms with E-state index >= 15 is 0 Å². The third-order valence-corrected chi connectivity index (χ3v) is 8.31. The van der Waals surface area contributed by atoms with Crippen LogP contribution in [0.25, 0.3) is 22.3 Å². The summed E-state index contributed by atoms with van der Waals surface area (Å²) in [6.07, 6.45) is -0.703. The largest absolute Gasteiger partial charge is 0.389 e. The second-order valence-corrected chi connectivity index (χ2v) is 10.8. The molecular weight excluding hydrogens is 442 g/mol. The molecule has 0 saturated heterocycles. The predicted octanol–water partition coefficient (Wildman–Crippen LogP) is 6.09. The van der Waals surface area contributed by atoms with E-state index in [0.29, 0.717) is 4.90 Å². The molecule has 1 atom stereocenters. The standard InChI is InChI=1S/C29H27NO3S/c1-20-13-15-24(16-14-20)34(32,33)30-18-27-26(22-9-5-3-6-10-22)17-25(21(2)31)29(28(27)19-30)23-11-7-4-8-12-23/h3-17,21,31H,18-19H2,1-2H3. The highest BCUT2D eigenvalue weighted by Crippen LogP contribution is 2.44. The van der Waals surface area contributed by atoms with Gasteiger partial charge in [0.2, 0.25) is 10.0 Å². The molecule has 5 heteroatoms. The van der Waals surface area contributed by atoms with Gasteiger partial charge < -0.3 is 5.11 Å². The van der Waals surface area contributed by atoms with Crippen LogP contribution in [0.2, 0.25) is 0 Å². The Morgan fingerprint density at radius 3 is 1.94 bits per heavy atom. The highest BCUT2D eigenvalue weighted by molar-refractivity contribution is 7.89. The zero-order valence-corrected chi connectivity index (χ0v) is 20.1. The molecule has 0 radical (unpaired) electrons. The fraction of sp³-hybridized carbons (Fsp3) is 0.172. The lowest BCUT2D eigenvalue weighted by Gasteiger charge is -2.20. The smallest absolute Gasteiger partial charge is 0.243 e. The van der Waals surface area contributed by atoms with Crippen molar-refractivity contribution in [3.05, 3.63) is 113 Å². The van der Waals surface area contributed by atoms with Crippen LogP contribution in [0.4, 0.5) is 0 Å². The summed E-state index contributed by atoms with van der Waals surface area (Å²) in [6.45, 7) is 4.25. The molecule has 0 aromatic heterocycles. The van der Waals surface area contributed by atoms with Crippen LogP contribution in [0.3, 0.4) is 0 Å². The van der Waals surface area contributed by atoms with Gasteiger partial charge in [0.05, 0.1) is 11.0 Å². The molecule has 5 rings (SSSR count). The number of sulfonamides is 1. The molecule has 1 aliphatic rings. The minimum Gasteiger partial charge on any atom is -0.389 e. The quantitative estimate of drug-likeness (QED) is 0.385. The summed E-state index contributed by atoms with van der Waals surface area (Å²) in [4.78, 5) is 0.296. The molecule has 0 bridgehead atoms. The van der Waals surface area contributed by atoms with E-state index in [0.717, 1.165) is 44.5 Å². The maximum atomic E-state index is 13.6. The van der Waals surface area contributed by atoms with E-state index in [2.05, 4.69) is 0 Å². The fourth-order valence-electron chi connectivity index (χ4n) is 4.75. The highest BCUT2D eigenvalue weighted by atomic mass is 32.2. The molecular formula is C29H27NO3S. The number of fused-ring (bicyclic) bond motifs is 1. The summed E-state index contributed by atoms with van der Waals surface area (Å²) in [6, 6.07) is 28.9. The number of benzene rings is 4. The average molecular weight is 470 g/mol. The summed E-state index contributed by atoms with van der Waals surface area (Å²) in [5, 5.41) is 10.8. The van der Waals surface area contributed by atoms with Gasteiger partial charge in [-0.15, -0.1) is 0 Å². The summed E-state index contributed by atoms with van der Waals surface area (Å²) in [7, 11) is -3.68. The first-order valence-electron chi connectivity index (χ1n) is 11.4. The van der Waals surface area contributed by atoms with Crippen LogP contribution in [-0.2, 0) is 23.1 Å². The Balaban J connectivity index is 1.72. The van der Waals surface area contributed by atoms with Crippen molar-refractivity contribution in [2.75, 3.05) is 0 Å². The lowest BCUT2D eigenvalue weighted by atomic mass is 9.85. The van der Waals surface area contributed by atoms with E-state index in [1.165, 1.54) is 0 Å². The molecule has 0 spiro atoms. The summed E-state index contributed by atoms with van der Waals surface area (Å²) >= 11 is 0. The Labute approximate surface area is 201 Å². The zero-order valence-electron chi connectivity index (χ0n) is 19.3. The molecule has 1 aliphatic heterocycles. The molecule has 1 unspecified atom stereocenters. The van der Waals surface area contributed by atoms with E-state index in [1.807, 2.05) is 85.8 Å². The van der Waals surface area contributed by atoms with Crippen LogP contribution in [-0.4, -0.2) is 17.8 Å². The van der Waals surface area contributed by atoms with Gasteiger partial charge in [-0.05, 0) is 71.0 Å². The van der Waals surface area contributed by atoms with Crippen LogP contribution in [0.1, 0.15) is 35.3 Å². The first-order valence-corrected chi connectivity index (χ1v) is 12.8. The van der Waals surface area contributed by atoms with Crippen LogP contribution < -0.4 is 0 Å². The summed E-state index contributed by atoms with van der Waals surface area (Å²) < 4.78 is 28.8. The van der Waals surface area contributed by atoms with Gasteiger partial charge in [-0.2, -0.15) is 4.31 Å². The summed E-state index contributed by atoms with van der Waals surface area (Å²) in [5.74, 6) is 0. The van der Waals surface area contributed by atoms with Crippen LogP contribution in [0.15, 0.2) is 95.9 Å². The minimum atomic E-state index is -3.68. The van der Waals surface area contributed by atoms with Gasteiger partial charge in [0.1, 0.15) is 0 Å². The van der Waals surface area contributed by atoms with Gasteiger partial charge >= 0.3 is 0 Å². The third-order valence-electron chi connectivity index (χ3n) is 6.50. The lowest BCUT2D eigenvalue weighted by Crippen LogP contribution is -2.25. The second kappa shape index (κ2) is 8.84. The number of nitrogens with zero attached hydrogens (tertiary/aromatic N) is 1. The Bertz CT molecular complexity index is 1430. The van der Waals surface area contributed by atoms with E-state index in [9.17, 15) is 13.5 Å². The monoisotopic (exact) mass is 469 g/mol. The number of rotatable bonds is 5. The van der Waals surface area contributed by atoms with E-state index < -0.39 is 16.1 Å². The van der Waals surface area contributed by atoms with E-state index in [1.54, 1.807) is 23.4 Å². The van der Waals surface area contributed by atoms with Crippen molar-refractivity contribution in [2.24, 2.45) is 0 Å². The number of hydrogen-bond donors (Lipinski definition) is 1. The number of aliphatic hydroxyl groups is 1. The lowest BCUT2D eigenvalue weighted by molar-refractivity contribution is 0.200. The number of aryl methyl sites for hydroxylation is 1. The topological polar surface area (TPSA) is 57.6 Å². The molecule has 0 fully saturated rings. The van der Waals surface area contributed by atoms with Crippen molar-refractivity contribution < 1.29 is 13.5 Å². The summed E-state index contributed by atoms with van der Waals surface area (Å²) in [5.41, 5.74) is 7.64. The van der Waals surface area contributed by atoms with Crippen LogP contribution in [0.5, 0.6) is 0 Å². The van der Waals surface area contributed by atoms with Crippen molar-refractivity contribution in [3.63, 3.8) is 0 Å². The molecule has 4 aromatic carbocycles. The second-order valence-electron chi connectivity index (χ2n) is 8.84. The Kier molecular flexibility index (Phi) is 5.86. The predicted molar refractivity (Wildman–Crippen MR) is 136 cm³/mol. The minimum absolute atomic E-state index is 0.260. The SMILES string of the molecule is Cc1ccc(S(=O)(=O)N2Cc3c(-c4ccccc4)cc(C(C)O)c(-c4ccccc4)c3C2)cc1. The Hall–Kier alpha value is -3.25. The van der Waals surface area contributed by atoms with E-state index in [4.69, 9.17) is 0 Å². The molecule has 0 amide bonds. The van der Waals surface area contributed by atoms with E-state index in [-0.39, 0.29) is 13.1 Å². The maximum absolute atomic E-state index is 13.6. The first kappa shape index (κ1) is 22.5. The fourth-order valence-corrected chi connectivity index (χ4v) is 6.12. The first-order chi connectivity index (χ1) is 16.4. The van der Waals surface area contributed by atoms with Gasteiger partial charge in [-0.25, -0.2) is 8.42 Å².